The van der Waals surface area contributed by atoms with Crippen molar-refractivity contribution in [3.63, 3.8) is 0 Å². The third-order valence-electron chi connectivity index (χ3n) is 4.37. The van der Waals surface area contributed by atoms with E-state index in [1.807, 2.05) is 4.90 Å². The molecule has 0 radical (unpaired) electrons. The fraction of sp³-hybridized carbons (Fsp3) is 0.846. The van der Waals surface area contributed by atoms with Gasteiger partial charge in [-0.2, -0.15) is 0 Å². The number of amides is 2. The second-order valence-electron chi connectivity index (χ2n) is 5.71. The third kappa shape index (κ3) is 2.51. The van der Waals surface area contributed by atoms with Gasteiger partial charge in [-0.3, -0.25) is 9.59 Å². The van der Waals surface area contributed by atoms with Crippen LogP contribution in [-0.4, -0.2) is 41.9 Å². The summed E-state index contributed by atoms with van der Waals surface area (Å²) in [5.74, 6) is 0.0473. The van der Waals surface area contributed by atoms with Crippen molar-refractivity contribution in [1.82, 2.24) is 10.2 Å². The summed E-state index contributed by atoms with van der Waals surface area (Å²) in [7, 11) is 0. The number of nitrogens with one attached hydrogen (secondary N) is 1. The molecule has 5 heteroatoms. The Morgan fingerprint density at radius 3 is 2.50 bits per heavy atom. The van der Waals surface area contributed by atoms with E-state index in [1.54, 1.807) is 0 Å². The number of piperidine rings is 1. The Hall–Kier alpha value is -1.10. The van der Waals surface area contributed by atoms with Gasteiger partial charge in [-0.05, 0) is 38.6 Å². The average Bonchev–Trinajstić information content (AvgIpc) is 2.75. The van der Waals surface area contributed by atoms with E-state index < -0.39 is 0 Å². The highest BCUT2D eigenvalue weighted by atomic mass is 16.2. The van der Waals surface area contributed by atoms with Gasteiger partial charge in [0.05, 0.1) is 12.0 Å². The molecule has 0 aliphatic carbocycles. The highest BCUT2D eigenvalue weighted by Crippen LogP contribution is 2.25. The molecular formula is C13H23N3O2. The number of likely N-dealkylation sites (tertiary alicyclic amines) is 1. The number of carbonyl (C=O) groups excluding carboxylic acids is 2. The van der Waals surface area contributed by atoms with Crippen molar-refractivity contribution >= 4 is 11.8 Å². The lowest BCUT2D eigenvalue weighted by Gasteiger charge is -2.38. The molecule has 2 fully saturated rings. The van der Waals surface area contributed by atoms with Crippen LogP contribution in [0.3, 0.4) is 0 Å². The van der Waals surface area contributed by atoms with Crippen molar-refractivity contribution in [2.45, 2.75) is 45.2 Å². The van der Waals surface area contributed by atoms with Gasteiger partial charge in [0.15, 0.2) is 0 Å². The predicted molar refractivity (Wildman–Crippen MR) is 68.7 cm³/mol. The van der Waals surface area contributed by atoms with Gasteiger partial charge in [0.1, 0.15) is 0 Å². The Morgan fingerprint density at radius 2 is 1.94 bits per heavy atom. The molecule has 102 valence electrons. The van der Waals surface area contributed by atoms with E-state index in [2.05, 4.69) is 19.2 Å². The highest BCUT2D eigenvalue weighted by Gasteiger charge is 2.38. The molecule has 0 saturated carbocycles. The van der Waals surface area contributed by atoms with Gasteiger partial charge >= 0.3 is 0 Å². The smallest absolute Gasteiger partial charge is 0.240 e. The van der Waals surface area contributed by atoms with Gasteiger partial charge in [-0.1, -0.05) is 6.92 Å². The summed E-state index contributed by atoms with van der Waals surface area (Å²) in [6.45, 7) is 5.54. The Labute approximate surface area is 108 Å². The number of carbonyl (C=O) groups is 2. The summed E-state index contributed by atoms with van der Waals surface area (Å²) < 4.78 is 0. The van der Waals surface area contributed by atoms with Gasteiger partial charge < -0.3 is 16.0 Å². The molecule has 0 aromatic heterocycles. The molecule has 4 unspecified atom stereocenters. The van der Waals surface area contributed by atoms with E-state index in [0.29, 0.717) is 12.5 Å². The first-order valence-electron chi connectivity index (χ1n) is 6.84. The van der Waals surface area contributed by atoms with Crippen LogP contribution in [0.2, 0.25) is 0 Å². The van der Waals surface area contributed by atoms with Crippen molar-refractivity contribution in [2.24, 2.45) is 17.6 Å². The largest absolute Gasteiger partial charge is 0.369 e. The van der Waals surface area contributed by atoms with Crippen molar-refractivity contribution in [1.29, 1.82) is 0 Å². The van der Waals surface area contributed by atoms with Crippen LogP contribution in [0.15, 0.2) is 0 Å². The zero-order chi connectivity index (χ0) is 13.3. The zero-order valence-electron chi connectivity index (χ0n) is 11.2. The highest BCUT2D eigenvalue weighted by molar-refractivity contribution is 5.84. The van der Waals surface area contributed by atoms with Crippen LogP contribution in [0, 0.1) is 11.8 Å². The standard InChI is InChI=1S/C13H23N3O2/c1-8-5-6-15-11(8)13(18)16-7-10(12(14)17)4-3-9(16)2/h8-11,15H,3-7H2,1-2H3,(H2,14,17). The summed E-state index contributed by atoms with van der Waals surface area (Å²) >= 11 is 0. The van der Waals surface area contributed by atoms with Crippen LogP contribution in [0.5, 0.6) is 0 Å². The fourth-order valence-corrected chi connectivity index (χ4v) is 2.99. The second kappa shape index (κ2) is 5.26. The number of nitrogens with two attached hydrogens (primary N) is 1. The number of hydrogen-bond acceptors (Lipinski definition) is 3. The first kappa shape index (κ1) is 13.3. The summed E-state index contributed by atoms with van der Waals surface area (Å²) in [5, 5.41) is 3.26. The summed E-state index contributed by atoms with van der Waals surface area (Å²) in [6, 6.07) is 0.127. The Balaban J connectivity index is 2.05. The van der Waals surface area contributed by atoms with E-state index in [0.717, 1.165) is 25.8 Å². The summed E-state index contributed by atoms with van der Waals surface area (Å²) in [4.78, 5) is 25.6. The summed E-state index contributed by atoms with van der Waals surface area (Å²) in [6.07, 6.45) is 2.70. The third-order valence-corrected chi connectivity index (χ3v) is 4.37. The maximum Gasteiger partial charge on any atom is 0.240 e. The first-order valence-corrected chi connectivity index (χ1v) is 6.84. The summed E-state index contributed by atoms with van der Waals surface area (Å²) in [5.41, 5.74) is 5.36. The van der Waals surface area contributed by atoms with Gasteiger partial charge in [0.25, 0.3) is 0 Å². The monoisotopic (exact) mass is 253 g/mol. The maximum absolute atomic E-state index is 12.5. The van der Waals surface area contributed by atoms with E-state index in [-0.39, 0.29) is 29.8 Å². The van der Waals surface area contributed by atoms with Gasteiger partial charge in [0, 0.05) is 12.6 Å². The first-order chi connectivity index (χ1) is 8.50. The van der Waals surface area contributed by atoms with Gasteiger partial charge in [-0.15, -0.1) is 0 Å². The van der Waals surface area contributed by atoms with Crippen LogP contribution in [0.4, 0.5) is 0 Å². The van der Waals surface area contributed by atoms with E-state index in [9.17, 15) is 9.59 Å². The normalized spacial score (nSPS) is 36.7. The number of primary amides is 1. The Kier molecular flexibility index (Phi) is 3.90. The van der Waals surface area contributed by atoms with Crippen LogP contribution >= 0.6 is 0 Å². The molecule has 0 bridgehead atoms. The minimum Gasteiger partial charge on any atom is -0.369 e. The molecule has 2 heterocycles. The molecule has 18 heavy (non-hydrogen) atoms. The minimum absolute atomic E-state index is 0.0842. The lowest BCUT2D eigenvalue weighted by Crippen LogP contribution is -2.54. The van der Waals surface area contributed by atoms with Gasteiger partial charge in [0.2, 0.25) is 11.8 Å². The molecule has 0 aromatic rings. The lowest BCUT2D eigenvalue weighted by atomic mass is 9.91. The van der Waals surface area contributed by atoms with Crippen molar-refractivity contribution in [2.75, 3.05) is 13.1 Å². The molecule has 2 amide bonds. The Bertz CT molecular complexity index is 345. The van der Waals surface area contributed by atoms with Crippen LogP contribution < -0.4 is 11.1 Å². The van der Waals surface area contributed by atoms with Gasteiger partial charge in [-0.25, -0.2) is 0 Å². The van der Waals surface area contributed by atoms with Crippen molar-refractivity contribution in [3.05, 3.63) is 0 Å². The average molecular weight is 253 g/mol. The molecule has 2 aliphatic rings. The molecule has 0 spiro atoms. The molecule has 2 saturated heterocycles. The van der Waals surface area contributed by atoms with E-state index in [4.69, 9.17) is 5.73 Å². The molecule has 2 aliphatic heterocycles. The van der Waals surface area contributed by atoms with Crippen LogP contribution in [0.1, 0.15) is 33.1 Å². The second-order valence-corrected chi connectivity index (χ2v) is 5.71. The maximum atomic E-state index is 12.5. The number of rotatable bonds is 2. The minimum atomic E-state index is -0.285. The van der Waals surface area contributed by atoms with Crippen LogP contribution in [-0.2, 0) is 9.59 Å². The molecule has 3 N–H and O–H groups in total. The molecular weight excluding hydrogens is 230 g/mol. The SMILES string of the molecule is CC1CCNC1C(=O)N1CC(C(N)=O)CCC1C. The fourth-order valence-electron chi connectivity index (χ4n) is 2.99. The number of hydrogen-bond donors (Lipinski definition) is 2. The van der Waals surface area contributed by atoms with Crippen LogP contribution in [0.25, 0.3) is 0 Å². The quantitative estimate of drug-likeness (QED) is 0.732. The van der Waals surface area contributed by atoms with Crippen molar-refractivity contribution < 1.29 is 9.59 Å². The molecule has 5 nitrogen and oxygen atoms in total. The molecule has 4 atom stereocenters. The Morgan fingerprint density at radius 1 is 1.22 bits per heavy atom. The van der Waals surface area contributed by atoms with Crippen molar-refractivity contribution in [3.8, 4) is 0 Å². The van der Waals surface area contributed by atoms with E-state index >= 15 is 0 Å². The molecule has 0 aromatic carbocycles. The molecule has 2 rings (SSSR count). The lowest BCUT2D eigenvalue weighted by molar-refractivity contribution is -0.140. The van der Waals surface area contributed by atoms with E-state index in [1.165, 1.54) is 0 Å². The predicted octanol–water partition coefficient (Wildman–Crippen LogP) is 0.0968. The zero-order valence-corrected chi connectivity index (χ0v) is 11.2. The number of nitrogens with zero attached hydrogens (tertiary/aromatic N) is 1. The topological polar surface area (TPSA) is 75.4 Å².